The first-order valence-electron chi connectivity index (χ1n) is 7.27. The van der Waals surface area contributed by atoms with Crippen LogP contribution in [-0.4, -0.2) is 44.6 Å². The maximum absolute atomic E-state index is 11.8. The molecule has 1 saturated carbocycles. The summed E-state index contributed by atoms with van der Waals surface area (Å²) in [6.45, 7) is 3.11. The van der Waals surface area contributed by atoms with Gasteiger partial charge in [-0.15, -0.1) is 0 Å². The molecule has 0 atom stereocenters. The summed E-state index contributed by atoms with van der Waals surface area (Å²) in [5.74, 6) is 1.35. The summed E-state index contributed by atoms with van der Waals surface area (Å²) in [6.07, 6.45) is 6.60. The Balaban J connectivity index is 1.69. The van der Waals surface area contributed by atoms with Crippen LogP contribution in [0, 0.1) is 11.8 Å². The molecule has 19 heavy (non-hydrogen) atoms. The van der Waals surface area contributed by atoms with E-state index in [1.807, 2.05) is 0 Å². The van der Waals surface area contributed by atoms with Gasteiger partial charge in [0.05, 0.1) is 12.3 Å². The van der Waals surface area contributed by atoms with Gasteiger partial charge >= 0.3 is 0 Å². The molecule has 6 heteroatoms. The number of likely N-dealkylation sites (tertiary alicyclic amines) is 1. The van der Waals surface area contributed by atoms with Gasteiger partial charge in [0.1, 0.15) is 0 Å². The van der Waals surface area contributed by atoms with Gasteiger partial charge in [-0.25, -0.2) is 13.1 Å². The molecule has 2 rings (SSSR count). The summed E-state index contributed by atoms with van der Waals surface area (Å²) in [5, 5.41) is 0. The zero-order valence-electron chi connectivity index (χ0n) is 11.6. The fraction of sp³-hybridized carbons (Fsp3) is 0.923. The number of nitrogens with zero attached hydrogens (tertiary/aromatic N) is 1. The van der Waals surface area contributed by atoms with Crippen LogP contribution in [0.5, 0.6) is 0 Å². The fourth-order valence-corrected chi connectivity index (χ4v) is 3.55. The van der Waals surface area contributed by atoms with Crippen molar-refractivity contribution < 1.29 is 13.2 Å². The second kappa shape index (κ2) is 6.22. The number of carbonyl (C=O) groups excluding carboxylic acids is 1. The molecule has 1 heterocycles. The molecule has 1 N–H and O–H groups in total. The molecule has 1 aliphatic carbocycles. The Morgan fingerprint density at radius 3 is 2.37 bits per heavy atom. The van der Waals surface area contributed by atoms with Crippen molar-refractivity contribution in [2.75, 3.05) is 25.4 Å². The van der Waals surface area contributed by atoms with Gasteiger partial charge in [-0.1, -0.05) is 32.1 Å². The van der Waals surface area contributed by atoms with Crippen molar-refractivity contribution >= 4 is 15.9 Å². The third kappa shape index (κ3) is 3.92. The third-order valence-corrected chi connectivity index (χ3v) is 5.75. The highest BCUT2D eigenvalue weighted by Gasteiger charge is 2.36. The van der Waals surface area contributed by atoms with Crippen molar-refractivity contribution in [3.05, 3.63) is 0 Å². The number of hydrogen-bond acceptors (Lipinski definition) is 3. The van der Waals surface area contributed by atoms with Crippen molar-refractivity contribution in [1.29, 1.82) is 0 Å². The lowest BCUT2D eigenvalue weighted by Gasteiger charge is -2.44. The molecule has 110 valence electrons. The van der Waals surface area contributed by atoms with E-state index < -0.39 is 10.0 Å². The van der Waals surface area contributed by atoms with Crippen LogP contribution in [0.25, 0.3) is 0 Å². The Kier molecular flexibility index (Phi) is 4.84. The van der Waals surface area contributed by atoms with E-state index >= 15 is 0 Å². The molecule has 2 fully saturated rings. The molecule has 0 spiro atoms. The molecule has 0 aromatic rings. The molecule has 0 unspecified atom stereocenters. The normalized spacial score (nSPS) is 22.3. The lowest BCUT2D eigenvalue weighted by Crippen LogP contribution is -2.55. The van der Waals surface area contributed by atoms with Crippen molar-refractivity contribution in [2.24, 2.45) is 11.8 Å². The topological polar surface area (TPSA) is 66.5 Å². The zero-order valence-corrected chi connectivity index (χ0v) is 12.4. The van der Waals surface area contributed by atoms with Gasteiger partial charge in [0, 0.05) is 13.1 Å². The first kappa shape index (κ1) is 14.8. The van der Waals surface area contributed by atoms with Crippen LogP contribution in [0.3, 0.4) is 0 Å². The monoisotopic (exact) mass is 288 g/mol. The summed E-state index contributed by atoms with van der Waals surface area (Å²) in [7, 11) is -3.26. The van der Waals surface area contributed by atoms with E-state index in [4.69, 9.17) is 0 Å². The lowest BCUT2D eigenvalue weighted by atomic mass is 9.76. The Hall–Kier alpha value is -0.620. The summed E-state index contributed by atoms with van der Waals surface area (Å²) in [4.78, 5) is 13.6. The fourth-order valence-electron chi connectivity index (χ4n) is 3.01. The molecule has 0 aromatic heterocycles. The maximum atomic E-state index is 11.8. The van der Waals surface area contributed by atoms with Crippen LogP contribution in [0.2, 0.25) is 0 Å². The van der Waals surface area contributed by atoms with E-state index in [-0.39, 0.29) is 18.2 Å². The largest absolute Gasteiger partial charge is 0.341 e. The van der Waals surface area contributed by atoms with Gasteiger partial charge in [-0.3, -0.25) is 4.79 Å². The molecular formula is C13H24N2O3S. The summed E-state index contributed by atoms with van der Waals surface area (Å²) >= 11 is 0. The number of carbonyl (C=O) groups is 1. The molecule has 0 aromatic carbocycles. The van der Waals surface area contributed by atoms with Gasteiger partial charge in [0.2, 0.25) is 15.9 Å². The average Bonchev–Trinajstić information content (AvgIpc) is 2.36. The van der Waals surface area contributed by atoms with Gasteiger partial charge in [0.25, 0.3) is 0 Å². The van der Waals surface area contributed by atoms with Crippen molar-refractivity contribution in [3.63, 3.8) is 0 Å². The molecule has 0 radical (unpaired) electrons. The Labute approximate surface area is 115 Å². The minimum Gasteiger partial charge on any atom is -0.341 e. The number of rotatable bonds is 5. The highest BCUT2D eigenvalue weighted by molar-refractivity contribution is 7.89. The summed E-state index contributed by atoms with van der Waals surface area (Å²) in [6, 6.07) is 0. The minimum atomic E-state index is -3.26. The molecule has 1 amide bonds. The van der Waals surface area contributed by atoms with Crippen LogP contribution >= 0.6 is 0 Å². The SMILES string of the molecule is CCS(=O)(=O)NCC(=O)N1CC(C2CCCCC2)C1. The standard InChI is InChI=1S/C13H24N2O3S/c1-2-19(17,18)14-8-13(16)15-9-12(10-15)11-6-4-3-5-7-11/h11-12,14H,2-10H2,1H3. The molecule has 0 bridgehead atoms. The van der Waals surface area contributed by atoms with Crippen LogP contribution in [-0.2, 0) is 14.8 Å². The molecule has 5 nitrogen and oxygen atoms in total. The van der Waals surface area contributed by atoms with E-state index in [1.165, 1.54) is 32.1 Å². The highest BCUT2D eigenvalue weighted by Crippen LogP contribution is 2.34. The number of amides is 1. The Bertz CT molecular complexity index is 410. The second-order valence-electron chi connectivity index (χ2n) is 5.68. The van der Waals surface area contributed by atoms with Crippen LogP contribution < -0.4 is 4.72 Å². The predicted molar refractivity (Wildman–Crippen MR) is 74.1 cm³/mol. The van der Waals surface area contributed by atoms with Crippen LogP contribution in [0.15, 0.2) is 0 Å². The molecular weight excluding hydrogens is 264 g/mol. The van der Waals surface area contributed by atoms with Crippen molar-refractivity contribution in [2.45, 2.75) is 39.0 Å². The first-order valence-corrected chi connectivity index (χ1v) is 8.92. The van der Waals surface area contributed by atoms with E-state index in [1.54, 1.807) is 11.8 Å². The van der Waals surface area contributed by atoms with Crippen LogP contribution in [0.1, 0.15) is 39.0 Å². The van der Waals surface area contributed by atoms with Gasteiger partial charge in [-0.05, 0) is 18.8 Å². The minimum absolute atomic E-state index is 0.0188. The summed E-state index contributed by atoms with van der Waals surface area (Å²) < 4.78 is 24.9. The quantitative estimate of drug-likeness (QED) is 0.819. The van der Waals surface area contributed by atoms with E-state index in [9.17, 15) is 13.2 Å². The molecule has 1 aliphatic heterocycles. The van der Waals surface area contributed by atoms with E-state index in [2.05, 4.69) is 4.72 Å². The lowest BCUT2D eigenvalue weighted by molar-refractivity contribution is -0.137. The third-order valence-electron chi connectivity index (χ3n) is 4.40. The first-order chi connectivity index (χ1) is 9.02. The zero-order chi connectivity index (χ0) is 13.9. The molecule has 2 aliphatic rings. The van der Waals surface area contributed by atoms with Crippen molar-refractivity contribution in [1.82, 2.24) is 9.62 Å². The van der Waals surface area contributed by atoms with E-state index in [0.29, 0.717) is 5.92 Å². The molecule has 1 saturated heterocycles. The maximum Gasteiger partial charge on any atom is 0.237 e. The van der Waals surface area contributed by atoms with Gasteiger partial charge in [-0.2, -0.15) is 0 Å². The number of nitrogens with one attached hydrogen (secondary N) is 1. The Morgan fingerprint density at radius 2 is 1.79 bits per heavy atom. The predicted octanol–water partition coefficient (Wildman–Crippen LogP) is 0.964. The van der Waals surface area contributed by atoms with Gasteiger partial charge in [0.15, 0.2) is 0 Å². The Morgan fingerprint density at radius 1 is 1.16 bits per heavy atom. The van der Waals surface area contributed by atoms with Crippen LogP contribution in [0.4, 0.5) is 0 Å². The van der Waals surface area contributed by atoms with Gasteiger partial charge < -0.3 is 4.90 Å². The van der Waals surface area contributed by atoms with E-state index in [0.717, 1.165) is 19.0 Å². The average molecular weight is 288 g/mol. The summed E-state index contributed by atoms with van der Waals surface area (Å²) in [5.41, 5.74) is 0. The number of hydrogen-bond donors (Lipinski definition) is 1. The van der Waals surface area contributed by atoms with Crippen molar-refractivity contribution in [3.8, 4) is 0 Å². The highest BCUT2D eigenvalue weighted by atomic mass is 32.2. The second-order valence-corrected chi connectivity index (χ2v) is 7.78. The smallest absolute Gasteiger partial charge is 0.237 e. The number of sulfonamides is 1.